The fourth-order valence-electron chi connectivity index (χ4n) is 1.82. The van der Waals surface area contributed by atoms with E-state index in [1.807, 2.05) is 37.3 Å². The van der Waals surface area contributed by atoms with Crippen molar-refractivity contribution in [2.75, 3.05) is 12.3 Å². The van der Waals surface area contributed by atoms with E-state index >= 15 is 0 Å². The Hall–Kier alpha value is -1.40. The van der Waals surface area contributed by atoms with Gasteiger partial charge in [-0.3, -0.25) is 4.79 Å². The van der Waals surface area contributed by atoms with Crippen LogP contribution in [0, 0.1) is 5.92 Å². The number of hydrogen-bond donors (Lipinski definition) is 2. The van der Waals surface area contributed by atoms with Crippen LogP contribution in [-0.4, -0.2) is 31.8 Å². The van der Waals surface area contributed by atoms with Crippen molar-refractivity contribution >= 4 is 16.0 Å². The molecule has 0 aliphatic rings. The predicted octanol–water partition coefficient (Wildman–Crippen LogP) is 1.65. The normalized spacial score (nSPS) is 13.1. The summed E-state index contributed by atoms with van der Waals surface area (Å²) in [6, 6.07) is 9.39. The number of hydrogen-bond acceptors (Lipinski definition) is 3. The Morgan fingerprint density at radius 3 is 2.50 bits per heavy atom. The molecule has 0 aromatic heterocycles. The fourth-order valence-corrected chi connectivity index (χ4v) is 2.96. The van der Waals surface area contributed by atoms with Gasteiger partial charge in [-0.2, -0.15) is 0 Å². The molecule has 0 saturated heterocycles. The van der Waals surface area contributed by atoms with Crippen LogP contribution in [0.3, 0.4) is 0 Å². The molecule has 1 atom stereocenters. The van der Waals surface area contributed by atoms with Crippen LogP contribution in [0.25, 0.3) is 0 Å². The van der Waals surface area contributed by atoms with E-state index in [2.05, 4.69) is 4.72 Å². The number of aryl methyl sites for hydroxylation is 1. The van der Waals surface area contributed by atoms with Gasteiger partial charge in [0.1, 0.15) is 0 Å². The largest absolute Gasteiger partial charge is 0.481 e. The highest BCUT2D eigenvalue weighted by molar-refractivity contribution is 7.89. The quantitative estimate of drug-likeness (QED) is 0.726. The van der Waals surface area contributed by atoms with Gasteiger partial charge in [0.25, 0.3) is 0 Å². The number of rotatable bonds is 9. The summed E-state index contributed by atoms with van der Waals surface area (Å²) < 4.78 is 26.2. The average Bonchev–Trinajstić information content (AvgIpc) is 2.42. The smallest absolute Gasteiger partial charge is 0.303 e. The maximum Gasteiger partial charge on any atom is 0.303 e. The molecule has 1 rings (SSSR count). The van der Waals surface area contributed by atoms with Crippen LogP contribution in [0.1, 0.15) is 25.3 Å². The molecular weight excluding hydrogens is 278 g/mol. The Balaban J connectivity index is 2.43. The first-order chi connectivity index (χ1) is 9.43. The molecule has 1 aromatic rings. The molecule has 0 aliphatic carbocycles. The van der Waals surface area contributed by atoms with Crippen molar-refractivity contribution in [2.45, 2.75) is 26.2 Å². The summed E-state index contributed by atoms with van der Waals surface area (Å²) in [4.78, 5) is 10.6. The van der Waals surface area contributed by atoms with Gasteiger partial charge in [0.2, 0.25) is 10.0 Å². The highest BCUT2D eigenvalue weighted by Crippen LogP contribution is 2.08. The van der Waals surface area contributed by atoms with Crippen molar-refractivity contribution in [3.05, 3.63) is 35.9 Å². The number of benzene rings is 1. The second kappa shape index (κ2) is 8.01. The molecule has 6 heteroatoms. The summed E-state index contributed by atoms with van der Waals surface area (Å²) in [5, 5.41) is 8.72. The SMILES string of the molecule is CCC(CNS(=O)(=O)CCc1ccccc1)CC(=O)O. The Kier molecular flexibility index (Phi) is 6.67. The number of carbonyl (C=O) groups is 1. The van der Waals surface area contributed by atoms with Gasteiger partial charge in [0.15, 0.2) is 0 Å². The van der Waals surface area contributed by atoms with Crippen LogP contribution in [0.15, 0.2) is 30.3 Å². The number of nitrogens with one attached hydrogen (secondary N) is 1. The summed E-state index contributed by atoms with van der Waals surface area (Å²) in [6.45, 7) is 2.03. The second-order valence-electron chi connectivity index (χ2n) is 4.78. The first-order valence-corrected chi connectivity index (χ1v) is 8.31. The summed E-state index contributed by atoms with van der Waals surface area (Å²) >= 11 is 0. The van der Waals surface area contributed by atoms with Gasteiger partial charge in [-0.1, -0.05) is 43.7 Å². The van der Waals surface area contributed by atoms with Gasteiger partial charge in [0, 0.05) is 13.0 Å². The predicted molar refractivity (Wildman–Crippen MR) is 78.0 cm³/mol. The lowest BCUT2D eigenvalue weighted by atomic mass is 10.0. The zero-order chi connectivity index (χ0) is 15.0. The molecule has 0 fully saturated rings. The van der Waals surface area contributed by atoms with Crippen LogP contribution >= 0.6 is 0 Å². The number of carboxylic acid groups (broad SMARTS) is 1. The maximum absolute atomic E-state index is 11.9. The monoisotopic (exact) mass is 299 g/mol. The Morgan fingerprint density at radius 1 is 1.30 bits per heavy atom. The molecule has 5 nitrogen and oxygen atoms in total. The molecule has 0 heterocycles. The first kappa shape index (κ1) is 16.7. The van der Waals surface area contributed by atoms with Crippen molar-refractivity contribution < 1.29 is 18.3 Å². The van der Waals surface area contributed by atoms with Gasteiger partial charge in [-0.25, -0.2) is 13.1 Å². The third-order valence-corrected chi connectivity index (χ3v) is 4.48. The van der Waals surface area contributed by atoms with E-state index in [0.29, 0.717) is 12.8 Å². The molecule has 0 bridgehead atoms. The molecule has 0 radical (unpaired) electrons. The summed E-state index contributed by atoms with van der Waals surface area (Å²) in [5.41, 5.74) is 0.968. The van der Waals surface area contributed by atoms with Crippen LogP contribution in [0.5, 0.6) is 0 Å². The summed E-state index contributed by atoms with van der Waals surface area (Å²) in [7, 11) is -3.36. The van der Waals surface area contributed by atoms with Crippen LogP contribution in [0.2, 0.25) is 0 Å². The van der Waals surface area contributed by atoms with Crippen molar-refractivity contribution in [3.8, 4) is 0 Å². The highest BCUT2D eigenvalue weighted by atomic mass is 32.2. The average molecular weight is 299 g/mol. The van der Waals surface area contributed by atoms with Crippen LogP contribution in [-0.2, 0) is 21.2 Å². The minimum atomic E-state index is -3.36. The minimum absolute atomic E-state index is 0.0144. The molecular formula is C14H21NO4S. The summed E-state index contributed by atoms with van der Waals surface area (Å²) in [6.07, 6.45) is 1.07. The van der Waals surface area contributed by atoms with Gasteiger partial charge < -0.3 is 5.11 Å². The van der Waals surface area contributed by atoms with E-state index in [0.717, 1.165) is 5.56 Å². The fraction of sp³-hybridized carbons (Fsp3) is 0.500. The number of sulfonamides is 1. The number of carboxylic acids is 1. The summed E-state index contributed by atoms with van der Waals surface area (Å²) in [5.74, 6) is -1.06. The third-order valence-electron chi connectivity index (χ3n) is 3.13. The molecule has 20 heavy (non-hydrogen) atoms. The number of aliphatic carboxylic acids is 1. The molecule has 2 N–H and O–H groups in total. The molecule has 0 amide bonds. The molecule has 0 spiro atoms. The van der Waals surface area contributed by atoms with Crippen molar-refractivity contribution in [3.63, 3.8) is 0 Å². The lowest BCUT2D eigenvalue weighted by Crippen LogP contribution is -2.32. The van der Waals surface area contributed by atoms with Gasteiger partial charge in [-0.05, 0) is 17.9 Å². The van der Waals surface area contributed by atoms with Crippen molar-refractivity contribution in [2.24, 2.45) is 5.92 Å². The third kappa shape index (κ3) is 6.68. The first-order valence-electron chi connectivity index (χ1n) is 6.66. The van der Waals surface area contributed by atoms with E-state index in [4.69, 9.17) is 5.11 Å². The lowest BCUT2D eigenvalue weighted by Gasteiger charge is -2.13. The van der Waals surface area contributed by atoms with E-state index in [-0.39, 0.29) is 24.6 Å². The van der Waals surface area contributed by atoms with Crippen LogP contribution in [0.4, 0.5) is 0 Å². The maximum atomic E-state index is 11.9. The van der Waals surface area contributed by atoms with E-state index in [1.165, 1.54) is 0 Å². The molecule has 1 aromatic carbocycles. The van der Waals surface area contributed by atoms with Gasteiger partial charge in [0.05, 0.1) is 5.75 Å². The Morgan fingerprint density at radius 2 is 1.95 bits per heavy atom. The molecule has 112 valence electrons. The zero-order valence-electron chi connectivity index (χ0n) is 11.6. The standard InChI is InChI=1S/C14H21NO4S/c1-2-12(10-14(16)17)11-15-20(18,19)9-8-13-6-4-3-5-7-13/h3-7,12,15H,2,8-11H2,1H3,(H,16,17). The van der Waals surface area contributed by atoms with E-state index in [9.17, 15) is 13.2 Å². The molecule has 1 unspecified atom stereocenters. The minimum Gasteiger partial charge on any atom is -0.481 e. The van der Waals surface area contributed by atoms with Gasteiger partial charge >= 0.3 is 5.97 Å². The second-order valence-corrected chi connectivity index (χ2v) is 6.70. The lowest BCUT2D eigenvalue weighted by molar-refractivity contribution is -0.138. The molecule has 0 aliphatic heterocycles. The van der Waals surface area contributed by atoms with Crippen LogP contribution < -0.4 is 4.72 Å². The topological polar surface area (TPSA) is 83.5 Å². The Labute approximate surface area is 120 Å². The Bertz CT molecular complexity index is 513. The van der Waals surface area contributed by atoms with Crippen molar-refractivity contribution in [1.29, 1.82) is 0 Å². The molecule has 0 saturated carbocycles. The highest BCUT2D eigenvalue weighted by Gasteiger charge is 2.16. The van der Waals surface area contributed by atoms with Gasteiger partial charge in [-0.15, -0.1) is 0 Å². The zero-order valence-corrected chi connectivity index (χ0v) is 12.4. The van der Waals surface area contributed by atoms with E-state index in [1.54, 1.807) is 0 Å². The van der Waals surface area contributed by atoms with Crippen molar-refractivity contribution in [1.82, 2.24) is 4.72 Å². The van der Waals surface area contributed by atoms with E-state index < -0.39 is 16.0 Å².